The quantitative estimate of drug-likeness (QED) is 0.836. The van der Waals surface area contributed by atoms with Crippen LogP contribution in [0.4, 0.5) is 13.2 Å². The maximum absolute atomic E-state index is 12.5. The van der Waals surface area contributed by atoms with Crippen LogP contribution < -0.4 is 5.73 Å². The van der Waals surface area contributed by atoms with Gasteiger partial charge in [0.2, 0.25) is 0 Å². The predicted octanol–water partition coefficient (Wildman–Crippen LogP) is 2.96. The van der Waals surface area contributed by atoms with Crippen LogP contribution in [0.5, 0.6) is 0 Å². The van der Waals surface area contributed by atoms with E-state index in [0.29, 0.717) is 11.8 Å². The van der Waals surface area contributed by atoms with Crippen LogP contribution >= 0.6 is 0 Å². The Kier molecular flexibility index (Phi) is 5.25. The Hall–Kier alpha value is -0.290. The van der Waals surface area contributed by atoms with Crippen LogP contribution in [0.15, 0.2) is 0 Å². The molecule has 3 atom stereocenters. The van der Waals surface area contributed by atoms with Crippen molar-refractivity contribution in [1.82, 2.24) is 0 Å². The molecule has 0 aliphatic heterocycles. The van der Waals surface area contributed by atoms with Crippen molar-refractivity contribution >= 4 is 0 Å². The number of hydrogen-bond donors (Lipinski definition) is 1. The maximum atomic E-state index is 12.5. The van der Waals surface area contributed by atoms with Crippen molar-refractivity contribution in [3.63, 3.8) is 0 Å². The summed E-state index contributed by atoms with van der Waals surface area (Å²) in [6.07, 6.45) is -1.43. The first-order valence-electron chi connectivity index (χ1n) is 6.21. The van der Waals surface area contributed by atoms with Gasteiger partial charge in [-0.15, -0.1) is 0 Å². The van der Waals surface area contributed by atoms with Gasteiger partial charge >= 0.3 is 6.18 Å². The fraction of sp³-hybridized carbons (Fsp3) is 1.00. The summed E-state index contributed by atoms with van der Waals surface area (Å²) in [7, 11) is 0. The molecule has 1 saturated carbocycles. The van der Waals surface area contributed by atoms with Crippen molar-refractivity contribution < 1.29 is 17.9 Å². The molecule has 5 heteroatoms. The lowest BCUT2D eigenvalue weighted by Gasteiger charge is -2.32. The third-order valence-corrected chi connectivity index (χ3v) is 3.42. The van der Waals surface area contributed by atoms with Gasteiger partial charge in [0.05, 0.1) is 18.6 Å². The summed E-state index contributed by atoms with van der Waals surface area (Å²) in [5.74, 6) is -0.466. The summed E-state index contributed by atoms with van der Waals surface area (Å²) in [6, 6.07) is 0. The lowest BCUT2D eigenvalue weighted by Crippen LogP contribution is -2.36. The summed E-state index contributed by atoms with van der Waals surface area (Å²) in [5, 5.41) is 0. The van der Waals surface area contributed by atoms with Crippen molar-refractivity contribution in [2.24, 2.45) is 23.5 Å². The Morgan fingerprint density at radius 1 is 1.18 bits per heavy atom. The largest absolute Gasteiger partial charge is 0.395 e. The number of nitrogens with two attached hydrogens (primary N) is 1. The molecule has 0 aromatic heterocycles. The van der Waals surface area contributed by atoms with Crippen molar-refractivity contribution in [1.29, 1.82) is 0 Å². The minimum atomic E-state index is -4.25. The molecule has 1 fully saturated rings. The standard InChI is InChI=1S/C12H22F3NO/c1-8-3-9(2)5-11(4-8)17-7-10(6-16)12(13,14)15/h8-11H,3-7,16H2,1-2H3. The summed E-state index contributed by atoms with van der Waals surface area (Å²) in [6.45, 7) is 3.54. The van der Waals surface area contributed by atoms with Gasteiger partial charge in [-0.25, -0.2) is 0 Å². The first-order chi connectivity index (χ1) is 7.82. The molecule has 102 valence electrons. The van der Waals surface area contributed by atoms with Crippen molar-refractivity contribution in [2.45, 2.75) is 45.4 Å². The summed E-state index contributed by atoms with van der Waals surface area (Å²) >= 11 is 0. The Morgan fingerprint density at radius 2 is 1.71 bits per heavy atom. The molecule has 2 nitrogen and oxygen atoms in total. The fourth-order valence-electron chi connectivity index (χ4n) is 2.56. The molecular formula is C12H22F3NO. The smallest absolute Gasteiger partial charge is 0.378 e. The van der Waals surface area contributed by atoms with Crippen LogP contribution in [-0.4, -0.2) is 25.4 Å². The molecule has 2 N–H and O–H groups in total. The summed E-state index contributed by atoms with van der Waals surface area (Å²) in [5.41, 5.74) is 5.13. The topological polar surface area (TPSA) is 35.2 Å². The first-order valence-corrected chi connectivity index (χ1v) is 6.21. The number of hydrogen-bond acceptors (Lipinski definition) is 2. The highest BCUT2D eigenvalue weighted by Gasteiger charge is 2.39. The zero-order chi connectivity index (χ0) is 13.1. The van der Waals surface area contributed by atoms with E-state index in [-0.39, 0.29) is 12.7 Å². The molecule has 0 aromatic carbocycles. The van der Waals surface area contributed by atoms with E-state index in [1.165, 1.54) is 0 Å². The van der Waals surface area contributed by atoms with E-state index in [1.807, 2.05) is 0 Å². The van der Waals surface area contributed by atoms with E-state index < -0.39 is 18.6 Å². The van der Waals surface area contributed by atoms with Gasteiger partial charge < -0.3 is 10.5 Å². The molecular weight excluding hydrogens is 231 g/mol. The van der Waals surface area contributed by atoms with E-state index in [0.717, 1.165) is 19.3 Å². The van der Waals surface area contributed by atoms with Crippen LogP contribution in [0.25, 0.3) is 0 Å². The highest BCUT2D eigenvalue weighted by Crippen LogP contribution is 2.32. The number of rotatable bonds is 4. The van der Waals surface area contributed by atoms with Gasteiger partial charge in [-0.05, 0) is 31.1 Å². The second-order valence-electron chi connectivity index (χ2n) is 5.35. The minimum absolute atomic E-state index is 0.0369. The molecule has 0 bridgehead atoms. The Bertz CT molecular complexity index is 222. The number of alkyl halides is 3. The molecule has 3 unspecified atom stereocenters. The summed E-state index contributed by atoms with van der Waals surface area (Å²) < 4.78 is 42.8. The van der Waals surface area contributed by atoms with E-state index in [1.54, 1.807) is 0 Å². The third kappa shape index (κ3) is 4.84. The van der Waals surface area contributed by atoms with E-state index in [4.69, 9.17) is 10.5 Å². The van der Waals surface area contributed by atoms with E-state index >= 15 is 0 Å². The normalized spacial score (nSPS) is 32.5. The highest BCUT2D eigenvalue weighted by atomic mass is 19.4. The van der Waals surface area contributed by atoms with Gasteiger partial charge in [-0.2, -0.15) is 13.2 Å². The molecule has 17 heavy (non-hydrogen) atoms. The molecule has 0 spiro atoms. The molecule has 1 rings (SSSR count). The van der Waals surface area contributed by atoms with E-state index in [2.05, 4.69) is 13.8 Å². The second-order valence-corrected chi connectivity index (χ2v) is 5.35. The average molecular weight is 253 g/mol. The molecule has 0 amide bonds. The molecule has 0 aromatic rings. The average Bonchev–Trinajstić information content (AvgIpc) is 2.14. The molecule has 0 heterocycles. The number of halogens is 3. The van der Waals surface area contributed by atoms with Crippen LogP contribution in [0, 0.1) is 17.8 Å². The highest BCUT2D eigenvalue weighted by molar-refractivity contribution is 4.76. The van der Waals surface area contributed by atoms with Gasteiger partial charge in [-0.3, -0.25) is 0 Å². The van der Waals surface area contributed by atoms with Crippen molar-refractivity contribution in [3.05, 3.63) is 0 Å². The van der Waals surface area contributed by atoms with Gasteiger partial charge in [-0.1, -0.05) is 13.8 Å². The Balaban J connectivity index is 2.39. The van der Waals surface area contributed by atoms with Crippen LogP contribution in [0.2, 0.25) is 0 Å². The van der Waals surface area contributed by atoms with Crippen LogP contribution in [0.3, 0.4) is 0 Å². The van der Waals surface area contributed by atoms with Gasteiger partial charge in [0.15, 0.2) is 0 Å². The van der Waals surface area contributed by atoms with Crippen molar-refractivity contribution in [2.75, 3.05) is 13.2 Å². The maximum Gasteiger partial charge on any atom is 0.395 e. The first kappa shape index (κ1) is 14.8. The van der Waals surface area contributed by atoms with Gasteiger partial charge in [0.1, 0.15) is 0 Å². The number of ether oxygens (including phenoxy) is 1. The molecule has 1 aliphatic rings. The lowest BCUT2D eigenvalue weighted by molar-refractivity contribution is -0.191. The molecule has 1 aliphatic carbocycles. The van der Waals surface area contributed by atoms with Crippen molar-refractivity contribution in [3.8, 4) is 0 Å². The summed E-state index contributed by atoms with van der Waals surface area (Å²) in [4.78, 5) is 0. The molecule has 0 saturated heterocycles. The molecule has 0 radical (unpaired) electrons. The lowest BCUT2D eigenvalue weighted by atomic mass is 9.82. The zero-order valence-corrected chi connectivity index (χ0v) is 10.5. The Labute approximate surface area is 101 Å². The minimum Gasteiger partial charge on any atom is -0.378 e. The second kappa shape index (κ2) is 6.05. The van der Waals surface area contributed by atoms with Crippen LogP contribution in [-0.2, 0) is 4.74 Å². The Morgan fingerprint density at radius 3 is 2.12 bits per heavy atom. The van der Waals surface area contributed by atoms with Crippen LogP contribution in [0.1, 0.15) is 33.1 Å². The monoisotopic (exact) mass is 253 g/mol. The SMILES string of the molecule is CC1CC(C)CC(OCC(CN)C(F)(F)F)C1. The van der Waals surface area contributed by atoms with Gasteiger partial charge in [0.25, 0.3) is 0 Å². The van der Waals surface area contributed by atoms with Gasteiger partial charge in [0, 0.05) is 6.54 Å². The predicted molar refractivity (Wildman–Crippen MR) is 60.5 cm³/mol. The zero-order valence-electron chi connectivity index (χ0n) is 10.5. The fourth-order valence-corrected chi connectivity index (χ4v) is 2.56. The third-order valence-electron chi connectivity index (χ3n) is 3.42. The van der Waals surface area contributed by atoms with E-state index in [9.17, 15) is 13.2 Å².